The Bertz CT molecular complexity index is 776. The number of aromatic hydroxyl groups is 1. The number of ether oxygens (including phenoxy) is 3. The van der Waals surface area contributed by atoms with Crippen LogP contribution in [-0.4, -0.2) is 68.3 Å². The van der Waals surface area contributed by atoms with Gasteiger partial charge in [0.25, 0.3) is 0 Å². The van der Waals surface area contributed by atoms with Gasteiger partial charge >= 0.3 is 0 Å². The van der Waals surface area contributed by atoms with E-state index in [1.807, 2.05) is 12.1 Å². The third-order valence-electron chi connectivity index (χ3n) is 6.79. The van der Waals surface area contributed by atoms with E-state index in [1.54, 1.807) is 21.3 Å². The molecule has 2 bridgehead atoms. The van der Waals surface area contributed by atoms with Crippen LogP contribution in [0.25, 0.3) is 0 Å². The van der Waals surface area contributed by atoms with Gasteiger partial charge in [0, 0.05) is 24.1 Å². The molecule has 2 aliphatic carbocycles. The lowest BCUT2D eigenvalue weighted by Gasteiger charge is -2.51. The fourth-order valence-corrected chi connectivity index (χ4v) is 5.52. The maximum absolute atomic E-state index is 10.6. The molecule has 0 spiro atoms. The minimum absolute atomic E-state index is 0.110. The van der Waals surface area contributed by atoms with Crippen molar-refractivity contribution in [1.29, 1.82) is 0 Å². The van der Waals surface area contributed by atoms with Crippen molar-refractivity contribution < 1.29 is 24.4 Å². The summed E-state index contributed by atoms with van der Waals surface area (Å²) in [6.07, 6.45) is 4.51. The summed E-state index contributed by atoms with van der Waals surface area (Å²) < 4.78 is 16.9. The number of aliphatic hydroxyl groups is 1. The number of phenols is 1. The molecule has 0 amide bonds. The van der Waals surface area contributed by atoms with Gasteiger partial charge in [-0.2, -0.15) is 0 Å². The Labute approximate surface area is 160 Å². The summed E-state index contributed by atoms with van der Waals surface area (Å²) in [5, 5.41) is 21.1. The van der Waals surface area contributed by atoms with E-state index in [-0.39, 0.29) is 23.3 Å². The summed E-state index contributed by atoms with van der Waals surface area (Å²) in [7, 11) is 6.98. The Kier molecular flexibility index (Phi) is 4.61. The Morgan fingerprint density at radius 2 is 1.93 bits per heavy atom. The summed E-state index contributed by atoms with van der Waals surface area (Å²) in [4.78, 5) is 2.37. The van der Waals surface area contributed by atoms with E-state index in [0.717, 1.165) is 36.9 Å². The number of aliphatic hydroxyl groups excluding tert-OH is 1. The first-order valence-electron chi connectivity index (χ1n) is 9.57. The molecule has 148 valence electrons. The van der Waals surface area contributed by atoms with Crippen molar-refractivity contribution in [3.05, 3.63) is 28.8 Å². The highest BCUT2D eigenvalue weighted by Gasteiger charge is 2.53. The number of hydrogen-bond acceptors (Lipinski definition) is 6. The highest BCUT2D eigenvalue weighted by Crippen LogP contribution is 2.58. The average Bonchev–Trinajstić information content (AvgIpc) is 2.75. The predicted octanol–water partition coefficient (Wildman–Crippen LogP) is 2.00. The molecule has 1 heterocycles. The van der Waals surface area contributed by atoms with Crippen LogP contribution < -0.4 is 9.47 Å². The van der Waals surface area contributed by atoms with Crippen LogP contribution in [0.15, 0.2) is 17.7 Å². The van der Waals surface area contributed by atoms with Gasteiger partial charge in [-0.05, 0) is 56.5 Å². The molecule has 1 fully saturated rings. The Morgan fingerprint density at radius 1 is 1.19 bits per heavy atom. The van der Waals surface area contributed by atoms with Gasteiger partial charge in [0.05, 0.1) is 26.4 Å². The van der Waals surface area contributed by atoms with Gasteiger partial charge in [0.1, 0.15) is 0 Å². The van der Waals surface area contributed by atoms with Crippen molar-refractivity contribution in [3.8, 4) is 17.2 Å². The molecule has 4 atom stereocenters. The minimum Gasteiger partial charge on any atom is -0.504 e. The summed E-state index contributed by atoms with van der Waals surface area (Å²) in [5.74, 6) is 1.09. The van der Waals surface area contributed by atoms with Crippen LogP contribution >= 0.6 is 0 Å². The fraction of sp³-hybridized carbons (Fsp3) is 0.619. The number of piperidine rings is 1. The number of phenolic OH excluding ortho intramolecular Hbond substituents is 1. The highest BCUT2D eigenvalue weighted by molar-refractivity contribution is 5.65. The second-order valence-corrected chi connectivity index (χ2v) is 7.95. The zero-order chi connectivity index (χ0) is 19.3. The van der Waals surface area contributed by atoms with Gasteiger partial charge in [0.2, 0.25) is 5.75 Å². The monoisotopic (exact) mass is 375 g/mol. The minimum atomic E-state index is -0.612. The van der Waals surface area contributed by atoms with Crippen molar-refractivity contribution in [2.45, 2.75) is 49.3 Å². The Morgan fingerprint density at radius 3 is 2.59 bits per heavy atom. The zero-order valence-corrected chi connectivity index (χ0v) is 16.5. The zero-order valence-electron chi connectivity index (χ0n) is 16.5. The van der Waals surface area contributed by atoms with Crippen LogP contribution in [0, 0.1) is 0 Å². The predicted molar refractivity (Wildman–Crippen MR) is 102 cm³/mol. The fourth-order valence-electron chi connectivity index (χ4n) is 5.52. The number of hydrogen-bond donors (Lipinski definition) is 2. The second-order valence-electron chi connectivity index (χ2n) is 7.95. The number of nitrogens with zero attached hydrogens (tertiary/aromatic N) is 1. The van der Waals surface area contributed by atoms with E-state index in [0.29, 0.717) is 17.9 Å². The first kappa shape index (κ1) is 18.6. The molecular formula is C21H29NO5. The van der Waals surface area contributed by atoms with Crippen LogP contribution in [0.2, 0.25) is 0 Å². The number of likely N-dealkylation sites (tertiary alicyclic amines) is 1. The normalized spacial score (nSPS) is 32.8. The van der Waals surface area contributed by atoms with Gasteiger partial charge in [-0.3, -0.25) is 4.90 Å². The molecule has 6 heteroatoms. The van der Waals surface area contributed by atoms with Crippen LogP contribution in [-0.2, 0) is 16.6 Å². The largest absolute Gasteiger partial charge is 0.504 e. The quantitative estimate of drug-likeness (QED) is 0.788. The lowest BCUT2D eigenvalue weighted by molar-refractivity contribution is -0.0216. The van der Waals surface area contributed by atoms with E-state index >= 15 is 0 Å². The molecule has 3 aliphatic rings. The number of methoxy groups -OCH3 is 3. The molecule has 1 aliphatic heterocycles. The number of fused-ring (bicyclic) bond motifs is 1. The standard InChI is InChI=1S/C21H29NO5/c1-22-8-7-21-11-17(25-2)15(23)10-13(21)14(22)6-5-12-9-16(24)19(26-3)20(27-4)18(12)21/h9-10,14-15,17,23-24H,5-8,11H2,1-4H3. The molecule has 1 aromatic rings. The molecule has 0 saturated carbocycles. The van der Waals surface area contributed by atoms with Crippen LogP contribution in [0.3, 0.4) is 0 Å². The number of likely N-dealkylation sites (N-methyl/N-ethyl adjacent to an activating group) is 1. The Hall–Kier alpha value is -1.76. The third-order valence-corrected chi connectivity index (χ3v) is 6.79. The SMILES string of the molecule is COc1c(O)cc2c(c1OC)C13CCN(C)C(CC2)C1=CC(O)C(OC)C3. The summed E-state index contributed by atoms with van der Waals surface area (Å²) in [6, 6.07) is 2.09. The lowest BCUT2D eigenvalue weighted by atomic mass is 9.60. The summed E-state index contributed by atoms with van der Waals surface area (Å²) in [5.41, 5.74) is 3.16. The molecule has 0 radical (unpaired) electrons. The molecule has 1 saturated heterocycles. The van der Waals surface area contributed by atoms with E-state index in [2.05, 4.69) is 11.9 Å². The molecule has 27 heavy (non-hydrogen) atoms. The van der Waals surface area contributed by atoms with Crippen LogP contribution in [0.5, 0.6) is 17.2 Å². The third kappa shape index (κ3) is 2.57. The van der Waals surface area contributed by atoms with Gasteiger partial charge < -0.3 is 24.4 Å². The van der Waals surface area contributed by atoms with Crippen molar-refractivity contribution >= 4 is 0 Å². The topological polar surface area (TPSA) is 71.4 Å². The molecular weight excluding hydrogens is 346 g/mol. The molecule has 4 unspecified atom stereocenters. The van der Waals surface area contributed by atoms with Gasteiger partial charge in [-0.15, -0.1) is 0 Å². The second kappa shape index (κ2) is 6.69. The average molecular weight is 375 g/mol. The molecule has 2 N–H and O–H groups in total. The molecule has 4 rings (SSSR count). The van der Waals surface area contributed by atoms with E-state index < -0.39 is 6.10 Å². The van der Waals surface area contributed by atoms with Crippen molar-refractivity contribution in [2.24, 2.45) is 0 Å². The smallest absolute Gasteiger partial charge is 0.203 e. The van der Waals surface area contributed by atoms with Crippen molar-refractivity contribution in [2.75, 3.05) is 34.9 Å². The maximum Gasteiger partial charge on any atom is 0.203 e. The first-order valence-corrected chi connectivity index (χ1v) is 9.57. The van der Waals surface area contributed by atoms with Crippen LogP contribution in [0.1, 0.15) is 30.4 Å². The summed E-state index contributed by atoms with van der Waals surface area (Å²) in [6.45, 7) is 0.959. The number of benzene rings is 1. The number of aryl methyl sites for hydroxylation is 1. The lowest BCUT2D eigenvalue weighted by Crippen LogP contribution is -2.54. The highest BCUT2D eigenvalue weighted by atomic mass is 16.5. The van der Waals surface area contributed by atoms with E-state index in [4.69, 9.17) is 14.2 Å². The Balaban J connectivity index is 2.03. The first-order chi connectivity index (χ1) is 13.0. The molecule has 0 aromatic heterocycles. The van der Waals surface area contributed by atoms with Crippen molar-refractivity contribution in [3.63, 3.8) is 0 Å². The van der Waals surface area contributed by atoms with Gasteiger partial charge in [-0.1, -0.05) is 6.08 Å². The summed E-state index contributed by atoms with van der Waals surface area (Å²) >= 11 is 0. The van der Waals surface area contributed by atoms with Gasteiger partial charge in [0.15, 0.2) is 11.5 Å². The van der Waals surface area contributed by atoms with Gasteiger partial charge in [-0.25, -0.2) is 0 Å². The van der Waals surface area contributed by atoms with E-state index in [1.165, 1.54) is 5.57 Å². The molecule has 6 nitrogen and oxygen atoms in total. The van der Waals surface area contributed by atoms with E-state index in [9.17, 15) is 10.2 Å². The van der Waals surface area contributed by atoms with Crippen LogP contribution in [0.4, 0.5) is 0 Å². The molecule has 1 aromatic carbocycles. The maximum atomic E-state index is 10.6. The number of rotatable bonds is 3. The van der Waals surface area contributed by atoms with Crippen molar-refractivity contribution in [1.82, 2.24) is 4.90 Å².